The summed E-state index contributed by atoms with van der Waals surface area (Å²) in [5.41, 5.74) is 0.0896. The summed E-state index contributed by atoms with van der Waals surface area (Å²) in [6.07, 6.45) is -0.428. The highest BCUT2D eigenvalue weighted by atomic mass is 35.5. The van der Waals surface area contributed by atoms with Crippen molar-refractivity contribution >= 4 is 29.3 Å². The van der Waals surface area contributed by atoms with E-state index in [2.05, 4.69) is 5.32 Å². The predicted molar refractivity (Wildman–Crippen MR) is 75.8 cm³/mol. The molecule has 0 saturated carbocycles. The monoisotopic (exact) mass is 314 g/mol. The zero-order chi connectivity index (χ0) is 15.4. The second-order valence-electron chi connectivity index (χ2n) is 4.55. The number of nitrogens with one attached hydrogen (secondary N) is 1. The Morgan fingerprint density at radius 3 is 2.90 bits per heavy atom. The number of halogens is 1. The maximum Gasteiger partial charge on any atom is 0.337 e. The highest BCUT2D eigenvalue weighted by Crippen LogP contribution is 2.22. The molecule has 114 valence electrons. The molecule has 1 heterocycles. The minimum atomic E-state index is -1.16. The first kappa shape index (κ1) is 15.6. The normalized spacial score (nSPS) is 18.4. The molecule has 0 bridgehead atoms. The Morgan fingerprint density at radius 2 is 2.24 bits per heavy atom. The standard InChI is InChI=1S/C13H15ClN2O5/c14-8-1-2-10(12(18)19)11(5-8)15-13(20)16-3-4-21-9(6-16)7-17/h1-2,5,9,17H,3-4,6-7H2,(H,15,20)(H,18,19). The van der Waals surface area contributed by atoms with Crippen LogP contribution < -0.4 is 5.32 Å². The lowest BCUT2D eigenvalue weighted by molar-refractivity contribution is -0.0388. The molecule has 2 rings (SSSR count). The summed E-state index contributed by atoms with van der Waals surface area (Å²) in [5, 5.41) is 21.0. The number of benzene rings is 1. The molecular weight excluding hydrogens is 300 g/mol. The maximum absolute atomic E-state index is 12.2. The summed E-state index contributed by atoms with van der Waals surface area (Å²) in [4.78, 5) is 24.7. The number of carbonyl (C=O) groups excluding carboxylic acids is 1. The fourth-order valence-electron chi connectivity index (χ4n) is 2.01. The van der Waals surface area contributed by atoms with Crippen LogP contribution in [0.15, 0.2) is 18.2 Å². The Labute approximate surface area is 126 Å². The predicted octanol–water partition coefficient (Wildman–Crippen LogP) is 1.26. The van der Waals surface area contributed by atoms with E-state index in [0.717, 1.165) is 0 Å². The van der Waals surface area contributed by atoms with E-state index in [-0.39, 0.29) is 24.4 Å². The summed E-state index contributed by atoms with van der Waals surface area (Å²) in [7, 11) is 0. The van der Waals surface area contributed by atoms with Gasteiger partial charge in [0, 0.05) is 11.6 Å². The van der Waals surface area contributed by atoms with Crippen molar-refractivity contribution in [1.29, 1.82) is 0 Å². The van der Waals surface area contributed by atoms with E-state index in [9.17, 15) is 9.59 Å². The van der Waals surface area contributed by atoms with Gasteiger partial charge in [0.1, 0.15) is 0 Å². The highest BCUT2D eigenvalue weighted by Gasteiger charge is 2.24. The number of ether oxygens (including phenoxy) is 1. The second kappa shape index (κ2) is 6.75. The third-order valence-corrected chi connectivity index (χ3v) is 3.32. The van der Waals surface area contributed by atoms with Crippen LogP contribution in [0.25, 0.3) is 0 Å². The summed E-state index contributed by atoms with van der Waals surface area (Å²) >= 11 is 5.83. The van der Waals surface area contributed by atoms with Crippen LogP contribution >= 0.6 is 11.6 Å². The summed E-state index contributed by atoms with van der Waals surface area (Å²) in [6, 6.07) is 3.70. The molecule has 1 unspecified atom stereocenters. The number of aliphatic hydroxyl groups excluding tert-OH is 1. The van der Waals surface area contributed by atoms with E-state index in [1.807, 2.05) is 0 Å². The number of carboxylic acid groups (broad SMARTS) is 1. The number of hydrogen-bond acceptors (Lipinski definition) is 4. The van der Waals surface area contributed by atoms with E-state index >= 15 is 0 Å². The van der Waals surface area contributed by atoms with Gasteiger partial charge in [-0.15, -0.1) is 0 Å². The van der Waals surface area contributed by atoms with Crippen molar-refractivity contribution in [3.63, 3.8) is 0 Å². The molecular formula is C13H15ClN2O5. The first-order valence-corrected chi connectivity index (χ1v) is 6.70. The van der Waals surface area contributed by atoms with E-state index in [1.54, 1.807) is 0 Å². The van der Waals surface area contributed by atoms with Crippen molar-refractivity contribution in [2.24, 2.45) is 0 Å². The summed E-state index contributed by atoms with van der Waals surface area (Å²) < 4.78 is 5.25. The van der Waals surface area contributed by atoms with Gasteiger partial charge in [-0.2, -0.15) is 0 Å². The first-order chi connectivity index (χ1) is 10.0. The van der Waals surface area contributed by atoms with Crippen LogP contribution in [0.1, 0.15) is 10.4 Å². The SMILES string of the molecule is O=C(O)c1ccc(Cl)cc1NC(=O)N1CCOC(CO)C1. The van der Waals surface area contributed by atoms with E-state index in [4.69, 9.17) is 26.6 Å². The number of carboxylic acids is 1. The lowest BCUT2D eigenvalue weighted by Gasteiger charge is -2.32. The van der Waals surface area contributed by atoms with Gasteiger partial charge < -0.3 is 25.2 Å². The smallest absolute Gasteiger partial charge is 0.337 e. The Bertz CT molecular complexity index is 551. The number of morpholine rings is 1. The van der Waals surface area contributed by atoms with Gasteiger partial charge in [-0.05, 0) is 18.2 Å². The number of anilines is 1. The number of hydrogen-bond donors (Lipinski definition) is 3. The van der Waals surface area contributed by atoms with Crippen molar-refractivity contribution in [2.75, 3.05) is 31.6 Å². The number of aliphatic hydroxyl groups is 1. The van der Waals surface area contributed by atoms with Crippen LogP contribution in [0.5, 0.6) is 0 Å². The largest absolute Gasteiger partial charge is 0.478 e. The fraction of sp³-hybridized carbons (Fsp3) is 0.385. The van der Waals surface area contributed by atoms with E-state index in [1.165, 1.54) is 23.1 Å². The lowest BCUT2D eigenvalue weighted by Crippen LogP contribution is -2.48. The van der Waals surface area contributed by atoms with Crippen LogP contribution in [0.2, 0.25) is 5.02 Å². The van der Waals surface area contributed by atoms with Crippen LogP contribution in [-0.2, 0) is 4.74 Å². The molecule has 0 radical (unpaired) electrons. The third kappa shape index (κ3) is 3.84. The molecule has 1 atom stereocenters. The number of urea groups is 1. The van der Waals surface area contributed by atoms with Gasteiger partial charge in [0.15, 0.2) is 0 Å². The molecule has 1 fully saturated rings. The minimum absolute atomic E-state index is 0.0419. The molecule has 1 aromatic carbocycles. The van der Waals surface area contributed by atoms with Gasteiger partial charge in [0.2, 0.25) is 0 Å². The molecule has 7 nitrogen and oxygen atoms in total. The van der Waals surface area contributed by atoms with Crippen molar-refractivity contribution in [1.82, 2.24) is 4.90 Å². The third-order valence-electron chi connectivity index (χ3n) is 3.08. The van der Waals surface area contributed by atoms with Crippen molar-refractivity contribution in [3.05, 3.63) is 28.8 Å². The summed E-state index contributed by atoms with van der Waals surface area (Å²) in [5.74, 6) is -1.16. The molecule has 1 saturated heterocycles. The van der Waals surface area contributed by atoms with Crippen molar-refractivity contribution in [3.8, 4) is 0 Å². The van der Waals surface area contributed by atoms with Crippen LogP contribution in [0.3, 0.4) is 0 Å². The first-order valence-electron chi connectivity index (χ1n) is 6.32. The molecule has 1 aromatic rings. The average molecular weight is 315 g/mol. The molecule has 8 heteroatoms. The van der Waals surface area contributed by atoms with Gasteiger partial charge in [0.25, 0.3) is 0 Å². The minimum Gasteiger partial charge on any atom is -0.478 e. The van der Waals surface area contributed by atoms with Gasteiger partial charge >= 0.3 is 12.0 Å². The molecule has 2 amide bonds. The zero-order valence-corrected chi connectivity index (χ0v) is 11.8. The molecule has 0 spiro atoms. The molecule has 0 aliphatic carbocycles. The second-order valence-corrected chi connectivity index (χ2v) is 4.98. The van der Waals surface area contributed by atoms with Gasteiger partial charge in [-0.1, -0.05) is 11.6 Å². The van der Waals surface area contributed by atoms with Gasteiger partial charge in [0.05, 0.1) is 37.1 Å². The Balaban J connectivity index is 2.12. The molecule has 1 aliphatic heterocycles. The quantitative estimate of drug-likeness (QED) is 0.780. The van der Waals surface area contributed by atoms with E-state index in [0.29, 0.717) is 18.2 Å². The fourth-order valence-corrected chi connectivity index (χ4v) is 2.19. The summed E-state index contributed by atoms with van der Waals surface area (Å²) in [6.45, 7) is 0.748. The Hall–Kier alpha value is -1.83. The van der Waals surface area contributed by atoms with E-state index < -0.39 is 18.1 Å². The Morgan fingerprint density at radius 1 is 1.48 bits per heavy atom. The van der Waals surface area contributed by atoms with Crippen LogP contribution in [0.4, 0.5) is 10.5 Å². The lowest BCUT2D eigenvalue weighted by atomic mass is 10.2. The molecule has 3 N–H and O–H groups in total. The van der Waals surface area contributed by atoms with Crippen molar-refractivity contribution < 1.29 is 24.5 Å². The number of rotatable bonds is 3. The van der Waals surface area contributed by atoms with Crippen LogP contribution in [0, 0.1) is 0 Å². The molecule has 0 aromatic heterocycles. The maximum atomic E-state index is 12.2. The van der Waals surface area contributed by atoms with Crippen LogP contribution in [-0.4, -0.2) is 59.5 Å². The zero-order valence-electron chi connectivity index (χ0n) is 11.1. The number of nitrogens with zero attached hydrogens (tertiary/aromatic N) is 1. The molecule has 1 aliphatic rings. The number of aromatic carboxylic acids is 1. The molecule has 21 heavy (non-hydrogen) atoms. The van der Waals surface area contributed by atoms with Gasteiger partial charge in [-0.3, -0.25) is 0 Å². The number of amides is 2. The average Bonchev–Trinajstić information content (AvgIpc) is 2.47. The highest BCUT2D eigenvalue weighted by molar-refractivity contribution is 6.31. The van der Waals surface area contributed by atoms with Gasteiger partial charge in [-0.25, -0.2) is 9.59 Å². The Kier molecular flexibility index (Phi) is 5.00. The number of carbonyl (C=O) groups is 2. The topological polar surface area (TPSA) is 99.1 Å². The van der Waals surface area contributed by atoms with Crippen molar-refractivity contribution in [2.45, 2.75) is 6.10 Å².